The van der Waals surface area contributed by atoms with Crippen molar-refractivity contribution in [2.75, 3.05) is 44.7 Å². The van der Waals surface area contributed by atoms with E-state index in [1.54, 1.807) is 13.3 Å². The zero-order valence-electron chi connectivity index (χ0n) is 12.7. The molecular weight excluding hydrogens is 358 g/mol. The molecule has 1 aromatic rings. The molecule has 6 nitrogen and oxygen atoms in total. The number of nitrogens with two attached hydrogens (primary N) is 1. The number of hydrogen-bond donors (Lipinski definition) is 1. The van der Waals surface area contributed by atoms with Gasteiger partial charge in [0.05, 0.1) is 17.8 Å². The van der Waals surface area contributed by atoms with Crippen molar-refractivity contribution in [3.63, 3.8) is 0 Å². The van der Waals surface area contributed by atoms with Gasteiger partial charge in [0, 0.05) is 38.3 Å². The standard InChI is InChI=1S/C13H22BrN5O.ClH/c1-13(2,15)9-18-4-6-19(7-5-18)12-16-8-10(14)11(17-12)20-3;/h8H,4-7,9,15H2,1-3H3;1H. The summed E-state index contributed by atoms with van der Waals surface area (Å²) in [5, 5.41) is 0. The fourth-order valence-electron chi connectivity index (χ4n) is 2.32. The molecule has 0 amide bonds. The Balaban J connectivity index is 0.00000220. The van der Waals surface area contributed by atoms with Gasteiger partial charge in [-0.25, -0.2) is 4.98 Å². The van der Waals surface area contributed by atoms with Crippen LogP contribution >= 0.6 is 28.3 Å². The topological polar surface area (TPSA) is 67.5 Å². The number of piperazine rings is 1. The molecule has 2 rings (SSSR count). The van der Waals surface area contributed by atoms with Gasteiger partial charge in [-0.15, -0.1) is 12.4 Å². The zero-order chi connectivity index (χ0) is 14.8. The van der Waals surface area contributed by atoms with E-state index in [0.29, 0.717) is 5.88 Å². The third-order valence-corrected chi connectivity index (χ3v) is 3.72. The van der Waals surface area contributed by atoms with E-state index in [9.17, 15) is 0 Å². The van der Waals surface area contributed by atoms with Gasteiger partial charge >= 0.3 is 0 Å². The Hall–Kier alpha value is -0.630. The second-order valence-corrected chi connectivity index (χ2v) is 6.63. The highest BCUT2D eigenvalue weighted by Crippen LogP contribution is 2.23. The van der Waals surface area contributed by atoms with Crippen molar-refractivity contribution in [2.45, 2.75) is 19.4 Å². The van der Waals surface area contributed by atoms with Crippen molar-refractivity contribution < 1.29 is 4.74 Å². The van der Waals surface area contributed by atoms with Gasteiger partial charge in [0.2, 0.25) is 11.8 Å². The number of rotatable bonds is 4. The van der Waals surface area contributed by atoms with Crippen molar-refractivity contribution >= 4 is 34.3 Å². The average molecular weight is 381 g/mol. The van der Waals surface area contributed by atoms with Crippen molar-refractivity contribution in [1.82, 2.24) is 14.9 Å². The molecule has 1 aliphatic heterocycles. The van der Waals surface area contributed by atoms with Gasteiger partial charge in [0.15, 0.2) is 0 Å². The van der Waals surface area contributed by atoms with Crippen LogP contribution in [-0.2, 0) is 0 Å². The Morgan fingerprint density at radius 1 is 1.33 bits per heavy atom. The lowest BCUT2D eigenvalue weighted by Crippen LogP contribution is -2.53. The second-order valence-electron chi connectivity index (χ2n) is 5.78. The van der Waals surface area contributed by atoms with Crippen LogP contribution in [0, 0.1) is 0 Å². The first-order valence-electron chi connectivity index (χ1n) is 6.72. The first-order chi connectivity index (χ1) is 9.39. The molecule has 0 aromatic carbocycles. The Labute approximate surface area is 140 Å². The summed E-state index contributed by atoms with van der Waals surface area (Å²) < 4.78 is 5.98. The molecule has 0 radical (unpaired) electrons. The monoisotopic (exact) mass is 379 g/mol. The molecule has 1 fully saturated rings. The van der Waals surface area contributed by atoms with Gasteiger partial charge in [0.1, 0.15) is 0 Å². The van der Waals surface area contributed by atoms with E-state index in [1.165, 1.54) is 0 Å². The number of halogens is 2. The van der Waals surface area contributed by atoms with Crippen LogP contribution in [0.1, 0.15) is 13.8 Å². The number of hydrogen-bond acceptors (Lipinski definition) is 6. The molecule has 2 N–H and O–H groups in total. The maximum Gasteiger partial charge on any atom is 0.232 e. The number of methoxy groups -OCH3 is 1. The molecule has 21 heavy (non-hydrogen) atoms. The number of nitrogens with zero attached hydrogens (tertiary/aromatic N) is 4. The summed E-state index contributed by atoms with van der Waals surface area (Å²) in [6.07, 6.45) is 1.73. The Kier molecular flexibility index (Phi) is 6.65. The minimum absolute atomic E-state index is 0. The van der Waals surface area contributed by atoms with E-state index in [-0.39, 0.29) is 17.9 Å². The smallest absolute Gasteiger partial charge is 0.232 e. The third kappa shape index (κ3) is 5.25. The number of anilines is 1. The quantitative estimate of drug-likeness (QED) is 0.854. The SMILES string of the molecule is COc1nc(N2CCN(CC(C)(C)N)CC2)ncc1Br.Cl. The molecule has 0 spiro atoms. The van der Waals surface area contributed by atoms with Gasteiger partial charge in [0.25, 0.3) is 0 Å². The molecular formula is C13H23BrClN5O. The van der Waals surface area contributed by atoms with Crippen LogP contribution in [0.2, 0.25) is 0 Å². The third-order valence-electron chi connectivity index (χ3n) is 3.18. The number of ether oxygens (including phenoxy) is 1. The Morgan fingerprint density at radius 3 is 2.48 bits per heavy atom. The van der Waals surface area contributed by atoms with E-state index in [2.05, 4.69) is 49.5 Å². The van der Waals surface area contributed by atoms with Gasteiger partial charge in [-0.1, -0.05) is 0 Å². The predicted octanol–water partition coefficient (Wildman–Crippen LogP) is 1.53. The lowest BCUT2D eigenvalue weighted by atomic mass is 10.1. The van der Waals surface area contributed by atoms with Gasteiger partial charge < -0.3 is 15.4 Å². The summed E-state index contributed by atoms with van der Waals surface area (Å²) in [6.45, 7) is 8.78. The summed E-state index contributed by atoms with van der Waals surface area (Å²) in [4.78, 5) is 13.3. The van der Waals surface area contributed by atoms with Crippen LogP contribution in [0.3, 0.4) is 0 Å². The molecule has 0 bridgehead atoms. The molecule has 0 aliphatic carbocycles. The molecule has 0 atom stereocenters. The van der Waals surface area contributed by atoms with Crippen LogP contribution in [0.15, 0.2) is 10.7 Å². The Morgan fingerprint density at radius 2 is 1.95 bits per heavy atom. The van der Waals surface area contributed by atoms with Crippen molar-refractivity contribution in [3.8, 4) is 5.88 Å². The van der Waals surface area contributed by atoms with Crippen LogP contribution in [0.4, 0.5) is 5.95 Å². The highest BCUT2D eigenvalue weighted by molar-refractivity contribution is 9.10. The highest BCUT2D eigenvalue weighted by atomic mass is 79.9. The summed E-state index contributed by atoms with van der Waals surface area (Å²) >= 11 is 3.37. The summed E-state index contributed by atoms with van der Waals surface area (Å²) in [5.41, 5.74) is 5.91. The molecule has 120 valence electrons. The molecule has 0 unspecified atom stereocenters. The molecule has 8 heteroatoms. The van der Waals surface area contributed by atoms with Crippen molar-refractivity contribution in [1.29, 1.82) is 0 Å². The maximum absolute atomic E-state index is 6.06. The second kappa shape index (κ2) is 7.58. The van der Waals surface area contributed by atoms with Crippen LogP contribution in [0.25, 0.3) is 0 Å². The zero-order valence-corrected chi connectivity index (χ0v) is 15.1. The molecule has 1 aromatic heterocycles. The van der Waals surface area contributed by atoms with Crippen molar-refractivity contribution in [3.05, 3.63) is 10.7 Å². The first kappa shape index (κ1) is 18.4. The molecule has 0 saturated carbocycles. The van der Waals surface area contributed by atoms with E-state index in [1.807, 2.05) is 0 Å². The fourth-order valence-corrected chi connectivity index (χ4v) is 2.67. The van der Waals surface area contributed by atoms with Crippen LogP contribution in [-0.4, -0.2) is 60.2 Å². The minimum atomic E-state index is -0.153. The molecule has 2 heterocycles. The summed E-state index contributed by atoms with van der Waals surface area (Å²) in [5.74, 6) is 1.29. The Bertz CT molecular complexity index is 460. The fraction of sp³-hybridized carbons (Fsp3) is 0.692. The summed E-state index contributed by atoms with van der Waals surface area (Å²) in [6, 6.07) is 0. The molecule has 1 aliphatic rings. The van der Waals surface area contributed by atoms with Gasteiger partial charge in [-0.3, -0.25) is 4.90 Å². The first-order valence-corrected chi connectivity index (χ1v) is 7.51. The van der Waals surface area contributed by atoms with E-state index in [4.69, 9.17) is 10.5 Å². The highest BCUT2D eigenvalue weighted by Gasteiger charge is 2.23. The van der Waals surface area contributed by atoms with Crippen LogP contribution in [0.5, 0.6) is 5.88 Å². The molecule has 1 saturated heterocycles. The number of aromatic nitrogens is 2. The normalized spacial score (nSPS) is 16.5. The van der Waals surface area contributed by atoms with Gasteiger partial charge in [-0.2, -0.15) is 4.98 Å². The largest absolute Gasteiger partial charge is 0.480 e. The lowest BCUT2D eigenvalue weighted by molar-refractivity contribution is 0.213. The van der Waals surface area contributed by atoms with E-state index < -0.39 is 0 Å². The average Bonchev–Trinajstić information content (AvgIpc) is 2.38. The van der Waals surface area contributed by atoms with Gasteiger partial charge in [-0.05, 0) is 29.8 Å². The minimum Gasteiger partial charge on any atom is -0.480 e. The van der Waals surface area contributed by atoms with E-state index in [0.717, 1.165) is 43.1 Å². The van der Waals surface area contributed by atoms with E-state index >= 15 is 0 Å². The summed E-state index contributed by atoms with van der Waals surface area (Å²) in [7, 11) is 1.61. The maximum atomic E-state index is 6.06. The lowest BCUT2D eigenvalue weighted by Gasteiger charge is -2.37. The van der Waals surface area contributed by atoms with Crippen molar-refractivity contribution in [2.24, 2.45) is 5.73 Å². The predicted molar refractivity (Wildman–Crippen MR) is 90.5 cm³/mol. The van der Waals surface area contributed by atoms with Crippen LogP contribution < -0.4 is 15.4 Å².